The Morgan fingerprint density at radius 3 is 2.41 bits per heavy atom. The number of nitrogens with zero attached hydrogens (tertiary/aromatic N) is 4. The topological polar surface area (TPSA) is 72.6 Å². The molecule has 1 aromatic carbocycles. The van der Waals surface area contributed by atoms with Crippen LogP contribution in [0.25, 0.3) is 0 Å². The molecule has 1 unspecified atom stereocenters. The second-order valence-corrected chi connectivity index (χ2v) is 11.2. The van der Waals surface area contributed by atoms with E-state index in [2.05, 4.69) is 16.8 Å². The number of carbonyl (C=O) groups is 1. The molecule has 7 nitrogen and oxygen atoms in total. The van der Waals surface area contributed by atoms with Gasteiger partial charge in [0, 0.05) is 49.8 Å². The molecule has 2 saturated heterocycles. The number of halogens is 1. The highest BCUT2D eigenvalue weighted by Crippen LogP contribution is 2.38. The standard InChI is InChI=1S/C31H37FN4O3/c1-22-11-19-36(38)23(2)28(22)30(37)34-20-14-31(3,15-21-34)35-17-12-25(13-18-35)29(24-7-9-26(32)10-8-24)39-27-6-4-5-16-33-27/h4-11,16,19,25,29H,12-15,17-18,20-21H2,1-3H3. The Morgan fingerprint density at radius 1 is 1.08 bits per heavy atom. The van der Waals surface area contributed by atoms with E-state index in [1.165, 1.54) is 18.3 Å². The number of ether oxygens (including phenoxy) is 1. The van der Waals surface area contributed by atoms with Crippen LogP contribution in [0.15, 0.2) is 60.9 Å². The number of benzene rings is 1. The summed E-state index contributed by atoms with van der Waals surface area (Å²) >= 11 is 0. The van der Waals surface area contributed by atoms with E-state index in [1.807, 2.05) is 42.2 Å². The molecule has 8 heteroatoms. The third-order valence-corrected chi connectivity index (χ3v) is 8.70. The van der Waals surface area contributed by atoms with Crippen molar-refractivity contribution in [2.24, 2.45) is 5.92 Å². The number of likely N-dealkylation sites (tertiary alicyclic amines) is 2. The average Bonchev–Trinajstić information content (AvgIpc) is 2.95. The van der Waals surface area contributed by atoms with Crippen molar-refractivity contribution in [3.8, 4) is 5.88 Å². The van der Waals surface area contributed by atoms with Gasteiger partial charge < -0.3 is 14.8 Å². The molecule has 1 atom stereocenters. The molecule has 0 radical (unpaired) electrons. The van der Waals surface area contributed by atoms with Gasteiger partial charge in [-0.25, -0.2) is 9.37 Å². The maximum Gasteiger partial charge on any atom is 0.260 e. The molecule has 1 amide bonds. The van der Waals surface area contributed by atoms with Gasteiger partial charge in [-0.3, -0.25) is 9.69 Å². The molecule has 2 aromatic heterocycles. The molecular formula is C31H37FN4O3. The molecule has 5 rings (SSSR count). The molecule has 2 aliphatic heterocycles. The minimum Gasteiger partial charge on any atom is -0.618 e. The first-order valence-electron chi connectivity index (χ1n) is 13.8. The number of piperidine rings is 2. The number of hydrogen-bond acceptors (Lipinski definition) is 5. The fraction of sp³-hybridized carbons (Fsp3) is 0.452. The van der Waals surface area contributed by atoms with Gasteiger partial charge in [0.15, 0.2) is 6.20 Å². The van der Waals surface area contributed by atoms with Crippen molar-refractivity contribution in [1.82, 2.24) is 14.8 Å². The summed E-state index contributed by atoms with van der Waals surface area (Å²) in [6.45, 7) is 9.11. The lowest BCUT2D eigenvalue weighted by molar-refractivity contribution is -0.612. The van der Waals surface area contributed by atoms with E-state index < -0.39 is 0 Å². The highest BCUT2D eigenvalue weighted by atomic mass is 19.1. The third-order valence-electron chi connectivity index (χ3n) is 8.70. The lowest BCUT2D eigenvalue weighted by Gasteiger charge is -2.49. The Hall–Kier alpha value is -3.52. The number of carbonyl (C=O) groups excluding carboxylic acids is 1. The van der Waals surface area contributed by atoms with Gasteiger partial charge in [0.2, 0.25) is 11.6 Å². The van der Waals surface area contributed by atoms with Crippen LogP contribution in [0.4, 0.5) is 4.39 Å². The predicted octanol–water partition coefficient (Wildman–Crippen LogP) is 5.00. The highest BCUT2D eigenvalue weighted by Gasteiger charge is 2.40. The van der Waals surface area contributed by atoms with Gasteiger partial charge in [0.05, 0.1) is 0 Å². The van der Waals surface area contributed by atoms with Crippen molar-refractivity contribution in [2.75, 3.05) is 26.2 Å². The summed E-state index contributed by atoms with van der Waals surface area (Å²) in [5.41, 5.74) is 2.79. The normalized spacial score (nSPS) is 19.0. The Morgan fingerprint density at radius 2 is 1.77 bits per heavy atom. The van der Waals surface area contributed by atoms with Crippen LogP contribution in [0, 0.1) is 30.8 Å². The molecule has 206 valence electrons. The third kappa shape index (κ3) is 5.76. The molecule has 0 bridgehead atoms. The molecule has 0 aliphatic carbocycles. The van der Waals surface area contributed by atoms with E-state index >= 15 is 0 Å². The van der Waals surface area contributed by atoms with Gasteiger partial charge in [-0.1, -0.05) is 18.2 Å². The van der Waals surface area contributed by atoms with Crippen LogP contribution in [-0.2, 0) is 0 Å². The smallest absolute Gasteiger partial charge is 0.260 e. The number of rotatable bonds is 6. The van der Waals surface area contributed by atoms with Crippen molar-refractivity contribution < 1.29 is 18.7 Å². The molecule has 2 fully saturated rings. The van der Waals surface area contributed by atoms with Crippen LogP contribution in [0.5, 0.6) is 5.88 Å². The molecule has 0 spiro atoms. The fourth-order valence-corrected chi connectivity index (χ4v) is 6.14. The maximum atomic E-state index is 13.7. The Balaban J connectivity index is 1.23. The first kappa shape index (κ1) is 27.1. The number of hydrogen-bond donors (Lipinski definition) is 0. The van der Waals surface area contributed by atoms with Crippen molar-refractivity contribution in [3.05, 3.63) is 94.3 Å². The van der Waals surface area contributed by atoms with Gasteiger partial charge in [0.25, 0.3) is 5.91 Å². The molecule has 4 heterocycles. The van der Waals surface area contributed by atoms with Crippen molar-refractivity contribution in [3.63, 3.8) is 0 Å². The molecule has 2 aliphatic rings. The summed E-state index contributed by atoms with van der Waals surface area (Å²) in [4.78, 5) is 22.1. The first-order chi connectivity index (χ1) is 18.7. The second kappa shape index (κ2) is 11.3. The summed E-state index contributed by atoms with van der Waals surface area (Å²) in [6.07, 6.45) is 6.67. The van der Waals surface area contributed by atoms with Crippen LogP contribution in [-0.4, -0.2) is 52.4 Å². The summed E-state index contributed by atoms with van der Waals surface area (Å²) in [5.74, 6) is 0.545. The van der Waals surface area contributed by atoms with Crippen LogP contribution in [0.3, 0.4) is 0 Å². The van der Waals surface area contributed by atoms with E-state index in [0.29, 0.717) is 30.2 Å². The van der Waals surface area contributed by atoms with Gasteiger partial charge in [-0.2, -0.15) is 4.73 Å². The van der Waals surface area contributed by atoms with E-state index in [4.69, 9.17) is 4.74 Å². The van der Waals surface area contributed by atoms with Gasteiger partial charge in [-0.05, 0) is 81.9 Å². The van der Waals surface area contributed by atoms with Crippen LogP contribution in [0.2, 0.25) is 0 Å². The van der Waals surface area contributed by atoms with Gasteiger partial charge in [0.1, 0.15) is 17.5 Å². The van der Waals surface area contributed by atoms with E-state index in [0.717, 1.165) is 54.6 Å². The lowest BCUT2D eigenvalue weighted by atomic mass is 9.82. The summed E-state index contributed by atoms with van der Waals surface area (Å²) in [7, 11) is 0. The number of amides is 1. The fourth-order valence-electron chi connectivity index (χ4n) is 6.14. The zero-order chi connectivity index (χ0) is 27.6. The van der Waals surface area contributed by atoms with E-state index in [-0.39, 0.29) is 29.3 Å². The van der Waals surface area contributed by atoms with Crippen LogP contribution < -0.4 is 9.47 Å². The van der Waals surface area contributed by atoms with Crippen LogP contribution in [0.1, 0.15) is 65.9 Å². The zero-order valence-corrected chi connectivity index (χ0v) is 23.0. The summed E-state index contributed by atoms with van der Waals surface area (Å²) < 4.78 is 20.8. The first-order valence-corrected chi connectivity index (χ1v) is 13.8. The van der Waals surface area contributed by atoms with Gasteiger partial charge in [-0.15, -0.1) is 0 Å². The molecule has 0 saturated carbocycles. The van der Waals surface area contributed by atoms with E-state index in [9.17, 15) is 14.4 Å². The van der Waals surface area contributed by atoms with E-state index in [1.54, 1.807) is 19.2 Å². The van der Waals surface area contributed by atoms with Crippen LogP contribution >= 0.6 is 0 Å². The maximum absolute atomic E-state index is 13.7. The minimum absolute atomic E-state index is 0.00812. The monoisotopic (exact) mass is 532 g/mol. The molecular weight excluding hydrogens is 495 g/mol. The van der Waals surface area contributed by atoms with Crippen molar-refractivity contribution in [1.29, 1.82) is 0 Å². The number of pyridine rings is 2. The Labute approximate surface area is 229 Å². The summed E-state index contributed by atoms with van der Waals surface area (Å²) in [5, 5.41) is 12.1. The molecule has 0 N–H and O–H groups in total. The number of aromatic nitrogens is 2. The minimum atomic E-state index is -0.257. The largest absolute Gasteiger partial charge is 0.618 e. The average molecular weight is 533 g/mol. The Kier molecular flexibility index (Phi) is 7.84. The van der Waals surface area contributed by atoms with Crippen molar-refractivity contribution >= 4 is 5.91 Å². The zero-order valence-electron chi connectivity index (χ0n) is 23.0. The SMILES string of the molecule is Cc1cc[n+]([O-])c(C)c1C(=O)N1CCC(C)(N2CCC(C(Oc3ccccn3)c3ccc(F)cc3)CC2)CC1. The highest BCUT2D eigenvalue weighted by molar-refractivity contribution is 5.96. The summed E-state index contributed by atoms with van der Waals surface area (Å²) in [6, 6.07) is 13.9. The second-order valence-electron chi connectivity index (χ2n) is 11.2. The van der Waals surface area contributed by atoms with Gasteiger partial charge >= 0.3 is 0 Å². The molecule has 3 aromatic rings. The quantitative estimate of drug-likeness (QED) is 0.330. The van der Waals surface area contributed by atoms with Crippen molar-refractivity contribution in [2.45, 2.75) is 58.1 Å². The molecule has 39 heavy (non-hydrogen) atoms. The lowest BCUT2D eigenvalue weighted by Crippen LogP contribution is -2.57. The predicted molar refractivity (Wildman–Crippen MR) is 147 cm³/mol. The Bertz CT molecular complexity index is 1290. The number of aryl methyl sites for hydroxylation is 1.